The zero-order valence-corrected chi connectivity index (χ0v) is 11.4. The maximum atomic E-state index is 8.99. The first-order chi connectivity index (χ1) is 8.81. The largest absolute Gasteiger partial charge is 0.471 e. The van der Waals surface area contributed by atoms with Crippen LogP contribution < -0.4 is 16.2 Å². The molecule has 1 aliphatic rings. The van der Waals surface area contributed by atoms with Gasteiger partial charge < -0.3 is 20.9 Å². The van der Waals surface area contributed by atoms with Crippen molar-refractivity contribution < 1.29 is 9.47 Å². The van der Waals surface area contributed by atoms with Crippen molar-refractivity contribution in [2.75, 3.05) is 18.1 Å². The van der Waals surface area contributed by atoms with E-state index >= 15 is 0 Å². The molecule has 0 spiro atoms. The minimum atomic E-state index is -0.228. The van der Waals surface area contributed by atoms with E-state index in [4.69, 9.17) is 26.2 Å². The molecule has 1 aliphatic heterocycles. The molecule has 1 aromatic heterocycles. The molecule has 0 amide bonds. The fourth-order valence-corrected chi connectivity index (χ4v) is 1.91. The number of pyridine rings is 1. The molecule has 2 heterocycles. The van der Waals surface area contributed by atoms with Crippen molar-refractivity contribution in [2.24, 2.45) is 0 Å². The van der Waals surface area contributed by atoms with Crippen LogP contribution in [0.1, 0.15) is 31.9 Å². The third kappa shape index (κ3) is 2.71. The molecule has 2 rings (SSSR count). The summed E-state index contributed by atoms with van der Waals surface area (Å²) in [6.07, 6.45) is 0.441. The average molecular weight is 262 g/mol. The molecule has 6 heteroatoms. The van der Waals surface area contributed by atoms with Crippen LogP contribution in [0.4, 0.5) is 11.5 Å². The first kappa shape index (κ1) is 13.4. The van der Waals surface area contributed by atoms with E-state index in [0.29, 0.717) is 24.6 Å². The maximum absolute atomic E-state index is 8.99. The van der Waals surface area contributed by atoms with E-state index in [1.165, 1.54) is 0 Å². The quantitative estimate of drug-likeness (QED) is 0.830. The van der Waals surface area contributed by atoms with Gasteiger partial charge in [-0.3, -0.25) is 0 Å². The number of aromatic nitrogens is 1. The van der Waals surface area contributed by atoms with Crippen LogP contribution in [0.3, 0.4) is 0 Å². The first-order valence-electron chi connectivity index (χ1n) is 6.10. The van der Waals surface area contributed by atoms with Crippen LogP contribution in [-0.4, -0.2) is 23.3 Å². The van der Waals surface area contributed by atoms with Crippen molar-refractivity contribution in [3.63, 3.8) is 0 Å². The summed E-state index contributed by atoms with van der Waals surface area (Å²) < 4.78 is 11.3. The summed E-state index contributed by atoms with van der Waals surface area (Å²) in [6.45, 7) is 6.38. The van der Waals surface area contributed by atoms with E-state index in [2.05, 4.69) is 4.98 Å². The van der Waals surface area contributed by atoms with Crippen molar-refractivity contribution >= 4 is 11.5 Å². The zero-order chi connectivity index (χ0) is 14.2. The molecule has 19 heavy (non-hydrogen) atoms. The van der Waals surface area contributed by atoms with E-state index in [1.807, 2.05) is 26.8 Å². The fraction of sp³-hybridized carbons (Fsp3) is 0.538. The summed E-state index contributed by atoms with van der Waals surface area (Å²) in [7, 11) is 0. The summed E-state index contributed by atoms with van der Waals surface area (Å²) in [5.74, 6) is 0.521. The van der Waals surface area contributed by atoms with Crippen LogP contribution in [0.15, 0.2) is 0 Å². The summed E-state index contributed by atoms with van der Waals surface area (Å²) in [6, 6.07) is 1.97. The van der Waals surface area contributed by atoms with Crippen LogP contribution >= 0.6 is 0 Å². The molecular formula is C13H18N4O2. The van der Waals surface area contributed by atoms with Gasteiger partial charge in [-0.25, -0.2) is 0 Å². The van der Waals surface area contributed by atoms with Gasteiger partial charge in [0.2, 0.25) is 5.88 Å². The smallest absolute Gasteiger partial charge is 0.221 e. The van der Waals surface area contributed by atoms with Gasteiger partial charge in [-0.05, 0) is 20.8 Å². The Kier molecular flexibility index (Phi) is 3.25. The first-order valence-corrected chi connectivity index (χ1v) is 6.10. The van der Waals surface area contributed by atoms with Gasteiger partial charge in [0.1, 0.15) is 23.6 Å². The molecule has 1 aromatic rings. The highest BCUT2D eigenvalue weighted by atomic mass is 16.5. The predicted molar refractivity (Wildman–Crippen MR) is 71.6 cm³/mol. The molecule has 1 unspecified atom stereocenters. The lowest BCUT2D eigenvalue weighted by atomic mass is 10.1. The molecule has 1 atom stereocenters. The molecule has 0 bridgehead atoms. The molecule has 102 valence electrons. The number of nitrogens with zero attached hydrogens (tertiary/aromatic N) is 2. The van der Waals surface area contributed by atoms with Crippen molar-refractivity contribution in [1.82, 2.24) is 4.98 Å². The predicted octanol–water partition coefficient (Wildman–Crippen LogP) is 1.24. The van der Waals surface area contributed by atoms with Gasteiger partial charge in [-0.1, -0.05) is 0 Å². The van der Waals surface area contributed by atoms with Crippen molar-refractivity contribution in [2.45, 2.75) is 38.9 Å². The normalized spacial score (nSPS) is 17.7. The van der Waals surface area contributed by atoms with E-state index in [9.17, 15) is 0 Å². The third-order valence-electron chi connectivity index (χ3n) is 2.85. The topological polar surface area (TPSA) is 107 Å². The average Bonchev–Trinajstić information content (AvgIpc) is 2.69. The number of fused-ring (bicyclic) bond motifs is 1. The lowest BCUT2D eigenvalue weighted by Gasteiger charge is -2.21. The van der Waals surface area contributed by atoms with Gasteiger partial charge >= 0.3 is 0 Å². The summed E-state index contributed by atoms with van der Waals surface area (Å²) in [4.78, 5) is 4.08. The Bertz CT molecular complexity index is 543. The van der Waals surface area contributed by atoms with E-state index in [1.54, 1.807) is 0 Å². The van der Waals surface area contributed by atoms with Gasteiger partial charge in [0.05, 0.1) is 17.9 Å². The molecule has 0 radical (unpaired) electrons. The molecule has 0 fully saturated rings. The third-order valence-corrected chi connectivity index (χ3v) is 2.85. The second kappa shape index (κ2) is 4.59. The highest BCUT2D eigenvalue weighted by molar-refractivity contribution is 5.71. The van der Waals surface area contributed by atoms with Crippen molar-refractivity contribution in [1.29, 1.82) is 5.26 Å². The number of hydrogen-bond acceptors (Lipinski definition) is 6. The van der Waals surface area contributed by atoms with Crippen LogP contribution in [-0.2, 0) is 11.2 Å². The van der Waals surface area contributed by atoms with Crippen LogP contribution in [0.5, 0.6) is 5.88 Å². The van der Waals surface area contributed by atoms with Crippen molar-refractivity contribution in [3.8, 4) is 11.9 Å². The molecule has 6 nitrogen and oxygen atoms in total. The minimum absolute atomic E-state index is 0.108. The molecular weight excluding hydrogens is 244 g/mol. The zero-order valence-electron chi connectivity index (χ0n) is 11.4. The highest BCUT2D eigenvalue weighted by Crippen LogP contribution is 2.35. The van der Waals surface area contributed by atoms with Gasteiger partial charge in [-0.2, -0.15) is 10.2 Å². The number of nitrogen functional groups attached to an aromatic ring is 2. The minimum Gasteiger partial charge on any atom is -0.471 e. The summed E-state index contributed by atoms with van der Waals surface area (Å²) >= 11 is 0. The summed E-state index contributed by atoms with van der Waals surface area (Å²) in [5, 5.41) is 8.99. The molecule has 0 saturated heterocycles. The second-order valence-electron chi connectivity index (χ2n) is 5.55. The lowest BCUT2D eigenvalue weighted by Crippen LogP contribution is -2.28. The highest BCUT2D eigenvalue weighted by Gasteiger charge is 2.30. The van der Waals surface area contributed by atoms with Crippen LogP contribution in [0.25, 0.3) is 0 Å². The molecule has 0 aliphatic carbocycles. The van der Waals surface area contributed by atoms with Crippen LogP contribution in [0, 0.1) is 11.3 Å². The fourth-order valence-electron chi connectivity index (χ4n) is 1.91. The van der Waals surface area contributed by atoms with E-state index in [0.717, 1.165) is 5.56 Å². The Labute approximate surface area is 112 Å². The number of nitriles is 1. The standard InChI is InChI=1S/C13H18N4O2/c1-13(2,3)18-6-7-4-8-10(15)9(5-14)11(16)17-12(8)19-7/h7H,4,6H2,1-3H3,(H4,15,16,17). The van der Waals surface area contributed by atoms with Gasteiger partial charge in [-0.15, -0.1) is 0 Å². The Balaban J connectivity index is 2.17. The Morgan fingerprint density at radius 3 is 2.74 bits per heavy atom. The van der Waals surface area contributed by atoms with Crippen LogP contribution in [0.2, 0.25) is 0 Å². The second-order valence-corrected chi connectivity index (χ2v) is 5.55. The Morgan fingerprint density at radius 1 is 1.47 bits per heavy atom. The number of hydrogen-bond donors (Lipinski definition) is 2. The monoisotopic (exact) mass is 262 g/mol. The molecule has 0 aromatic carbocycles. The summed E-state index contributed by atoms with van der Waals surface area (Å²) in [5.41, 5.74) is 12.7. The lowest BCUT2D eigenvalue weighted by molar-refractivity contribution is -0.0375. The van der Waals surface area contributed by atoms with Crippen molar-refractivity contribution in [3.05, 3.63) is 11.1 Å². The number of rotatable bonds is 2. The SMILES string of the molecule is CC(C)(C)OCC1Cc2c(nc(N)c(C#N)c2N)O1. The van der Waals surface area contributed by atoms with Gasteiger partial charge in [0, 0.05) is 12.0 Å². The number of ether oxygens (including phenoxy) is 2. The molecule has 4 N–H and O–H groups in total. The number of anilines is 2. The Hall–Kier alpha value is -2.00. The number of nitrogens with two attached hydrogens (primary N) is 2. The molecule has 0 saturated carbocycles. The van der Waals surface area contributed by atoms with Gasteiger partial charge in [0.25, 0.3) is 0 Å². The van der Waals surface area contributed by atoms with E-state index < -0.39 is 0 Å². The van der Waals surface area contributed by atoms with E-state index in [-0.39, 0.29) is 23.1 Å². The maximum Gasteiger partial charge on any atom is 0.221 e. The Morgan fingerprint density at radius 2 is 2.16 bits per heavy atom. The van der Waals surface area contributed by atoms with Gasteiger partial charge in [0.15, 0.2) is 0 Å².